The molecular weight excluding hydrogens is 276 g/mol. The highest BCUT2D eigenvalue weighted by Gasteiger charge is 2.31. The van der Waals surface area contributed by atoms with Crippen LogP contribution in [0.3, 0.4) is 0 Å². The van der Waals surface area contributed by atoms with Crippen LogP contribution in [0.2, 0.25) is 5.02 Å². The van der Waals surface area contributed by atoms with Crippen LogP contribution in [0.5, 0.6) is 0 Å². The number of hydrogen-bond acceptors (Lipinski definition) is 3. The molecule has 1 N–H and O–H groups in total. The monoisotopic (exact) mass is 292 g/mol. The van der Waals surface area contributed by atoms with Gasteiger partial charge in [0.25, 0.3) is 11.7 Å². The maximum atomic E-state index is 11.7. The molecule has 1 aliphatic heterocycles. The van der Waals surface area contributed by atoms with Crippen LogP contribution in [0.25, 0.3) is 0 Å². The molecule has 0 bridgehead atoms. The lowest BCUT2D eigenvalue weighted by Gasteiger charge is -2.26. The molecule has 0 spiro atoms. The zero-order valence-corrected chi connectivity index (χ0v) is 12.2. The summed E-state index contributed by atoms with van der Waals surface area (Å²) in [5.41, 5.74) is 1.87. The van der Waals surface area contributed by atoms with Crippen molar-refractivity contribution in [2.75, 3.05) is 23.3 Å². The first-order valence-electron chi connectivity index (χ1n) is 7.04. The van der Waals surface area contributed by atoms with Gasteiger partial charge in [-0.25, -0.2) is 0 Å². The second kappa shape index (κ2) is 5.09. The number of carbonyl (C=O) groups excluding carboxylic acids is 2. The molecule has 3 rings (SSSR count). The van der Waals surface area contributed by atoms with Crippen LogP contribution in [0.15, 0.2) is 12.1 Å². The molecule has 1 aliphatic carbocycles. The molecule has 20 heavy (non-hydrogen) atoms. The van der Waals surface area contributed by atoms with E-state index in [9.17, 15) is 9.59 Å². The number of benzene rings is 1. The summed E-state index contributed by atoms with van der Waals surface area (Å²) in [5.74, 6) is -0.322. The van der Waals surface area contributed by atoms with E-state index in [4.69, 9.17) is 11.6 Å². The van der Waals surface area contributed by atoms with Crippen molar-refractivity contribution in [1.82, 2.24) is 0 Å². The number of nitrogens with one attached hydrogen (secondary N) is 1. The molecule has 0 unspecified atom stereocenters. The van der Waals surface area contributed by atoms with Gasteiger partial charge in [0.05, 0.1) is 22.0 Å². The minimum Gasteiger partial charge on any atom is -0.370 e. The van der Waals surface area contributed by atoms with Crippen molar-refractivity contribution in [3.05, 3.63) is 22.7 Å². The topological polar surface area (TPSA) is 49.4 Å². The minimum atomic E-state index is -0.572. The van der Waals surface area contributed by atoms with E-state index in [1.807, 2.05) is 6.07 Å². The van der Waals surface area contributed by atoms with Gasteiger partial charge < -0.3 is 10.2 Å². The number of carbonyl (C=O) groups is 2. The fourth-order valence-electron chi connectivity index (χ4n) is 2.59. The van der Waals surface area contributed by atoms with E-state index in [1.165, 1.54) is 12.8 Å². The number of anilines is 2. The van der Waals surface area contributed by atoms with Gasteiger partial charge in [0.2, 0.25) is 0 Å². The molecular formula is C15H17ClN2O2. The van der Waals surface area contributed by atoms with Crippen LogP contribution < -0.4 is 10.2 Å². The van der Waals surface area contributed by atoms with Crippen molar-refractivity contribution in [3.63, 3.8) is 0 Å². The number of rotatable bonds is 5. The van der Waals surface area contributed by atoms with Crippen molar-refractivity contribution in [1.29, 1.82) is 0 Å². The number of Topliss-reactive ketones (excluding diaryl/α,β-unsaturated/α-hetero) is 1. The Balaban J connectivity index is 1.94. The van der Waals surface area contributed by atoms with Gasteiger partial charge in [-0.05, 0) is 37.3 Å². The van der Waals surface area contributed by atoms with E-state index in [0.29, 0.717) is 16.3 Å². The molecule has 1 fully saturated rings. The first kappa shape index (κ1) is 13.4. The van der Waals surface area contributed by atoms with Crippen molar-refractivity contribution in [3.8, 4) is 0 Å². The lowest BCUT2D eigenvalue weighted by atomic mass is 10.1. The summed E-state index contributed by atoms with van der Waals surface area (Å²) in [5, 5.41) is 3.15. The van der Waals surface area contributed by atoms with Gasteiger partial charge >= 0.3 is 0 Å². The van der Waals surface area contributed by atoms with E-state index in [1.54, 1.807) is 6.07 Å². The van der Waals surface area contributed by atoms with E-state index >= 15 is 0 Å². The Bertz CT molecular complexity index is 581. The molecule has 0 atom stereocenters. The highest BCUT2D eigenvalue weighted by atomic mass is 35.5. The summed E-state index contributed by atoms with van der Waals surface area (Å²) in [4.78, 5) is 25.3. The first-order chi connectivity index (χ1) is 9.60. The van der Waals surface area contributed by atoms with Crippen LogP contribution in [0.4, 0.5) is 11.4 Å². The summed E-state index contributed by atoms with van der Waals surface area (Å²) in [6.07, 6.45) is 3.58. The van der Waals surface area contributed by atoms with Gasteiger partial charge in [0, 0.05) is 13.1 Å². The van der Waals surface area contributed by atoms with Crippen LogP contribution >= 0.6 is 11.6 Å². The fourth-order valence-corrected chi connectivity index (χ4v) is 2.87. The predicted molar refractivity (Wildman–Crippen MR) is 79.6 cm³/mol. The Morgan fingerprint density at radius 1 is 1.35 bits per heavy atom. The maximum Gasteiger partial charge on any atom is 0.296 e. The molecule has 4 nitrogen and oxygen atoms in total. The average molecular weight is 293 g/mol. The third kappa shape index (κ3) is 2.40. The summed E-state index contributed by atoms with van der Waals surface area (Å²) >= 11 is 6.32. The second-order valence-corrected chi connectivity index (χ2v) is 5.93. The van der Waals surface area contributed by atoms with Crippen LogP contribution in [-0.2, 0) is 4.79 Å². The maximum absolute atomic E-state index is 11.7. The average Bonchev–Trinajstić information content (AvgIpc) is 3.18. The summed E-state index contributed by atoms with van der Waals surface area (Å²) in [6.45, 7) is 4.05. The lowest BCUT2D eigenvalue weighted by molar-refractivity contribution is -0.112. The predicted octanol–water partition coefficient (Wildman–Crippen LogP) is 3.10. The van der Waals surface area contributed by atoms with Gasteiger partial charge in [-0.2, -0.15) is 0 Å². The van der Waals surface area contributed by atoms with Crippen molar-refractivity contribution in [2.45, 2.75) is 26.2 Å². The van der Waals surface area contributed by atoms with E-state index in [-0.39, 0.29) is 0 Å². The molecule has 1 aromatic rings. The number of fused-ring (bicyclic) bond motifs is 1. The normalized spacial score (nSPS) is 17.1. The van der Waals surface area contributed by atoms with E-state index in [0.717, 1.165) is 31.1 Å². The van der Waals surface area contributed by atoms with Crippen molar-refractivity contribution < 1.29 is 9.59 Å². The Morgan fingerprint density at radius 3 is 2.75 bits per heavy atom. The van der Waals surface area contributed by atoms with E-state index in [2.05, 4.69) is 17.1 Å². The summed E-state index contributed by atoms with van der Waals surface area (Å²) in [7, 11) is 0. The molecule has 0 aromatic heterocycles. The third-order valence-corrected chi connectivity index (χ3v) is 4.10. The standard InChI is InChI=1S/C15H17ClN2O2/c1-2-5-18(8-9-3-4-9)13-7-12-10(6-11(13)16)14(19)15(20)17-12/h6-7,9H,2-5,8H2,1H3,(H,17,19,20). The Morgan fingerprint density at radius 2 is 2.10 bits per heavy atom. The number of ketones is 1. The molecule has 1 amide bonds. The minimum absolute atomic E-state index is 0.381. The van der Waals surface area contributed by atoms with E-state index < -0.39 is 11.7 Å². The third-order valence-electron chi connectivity index (χ3n) is 3.80. The zero-order chi connectivity index (χ0) is 14.3. The van der Waals surface area contributed by atoms with Crippen molar-refractivity contribution in [2.24, 2.45) is 5.92 Å². The second-order valence-electron chi connectivity index (χ2n) is 5.52. The Hall–Kier alpha value is -1.55. The molecule has 5 heteroatoms. The van der Waals surface area contributed by atoms with Gasteiger partial charge in [0.15, 0.2) is 0 Å². The van der Waals surface area contributed by atoms with Gasteiger partial charge in [-0.3, -0.25) is 9.59 Å². The summed E-state index contributed by atoms with van der Waals surface area (Å²) in [6, 6.07) is 3.44. The SMILES string of the molecule is CCCN(CC1CC1)c1cc2c(cc1Cl)C(=O)C(=O)N2. The van der Waals surface area contributed by atoms with Gasteiger partial charge in [0.1, 0.15) is 0 Å². The number of hydrogen-bond donors (Lipinski definition) is 1. The Kier molecular flexibility index (Phi) is 3.42. The van der Waals surface area contributed by atoms with Crippen molar-refractivity contribution >= 4 is 34.7 Å². The summed E-state index contributed by atoms with van der Waals surface area (Å²) < 4.78 is 0. The lowest BCUT2D eigenvalue weighted by Crippen LogP contribution is -2.26. The molecule has 1 saturated carbocycles. The van der Waals surface area contributed by atoms with Gasteiger partial charge in [-0.1, -0.05) is 18.5 Å². The molecule has 1 aromatic carbocycles. The largest absolute Gasteiger partial charge is 0.370 e. The molecule has 0 radical (unpaired) electrons. The Labute approximate surface area is 123 Å². The number of halogens is 1. The van der Waals surface area contributed by atoms with Crippen LogP contribution in [0.1, 0.15) is 36.5 Å². The number of amides is 1. The smallest absolute Gasteiger partial charge is 0.296 e. The highest BCUT2D eigenvalue weighted by Crippen LogP contribution is 2.38. The first-order valence-corrected chi connectivity index (χ1v) is 7.42. The molecule has 1 heterocycles. The zero-order valence-electron chi connectivity index (χ0n) is 11.4. The molecule has 106 valence electrons. The van der Waals surface area contributed by atoms with Crippen LogP contribution in [-0.4, -0.2) is 24.8 Å². The van der Waals surface area contributed by atoms with Crippen LogP contribution in [0, 0.1) is 5.92 Å². The molecule has 0 saturated heterocycles. The number of nitrogens with zero attached hydrogens (tertiary/aromatic N) is 1. The fraction of sp³-hybridized carbons (Fsp3) is 0.467. The quantitative estimate of drug-likeness (QED) is 0.849. The molecule has 2 aliphatic rings. The van der Waals surface area contributed by atoms with Gasteiger partial charge in [-0.15, -0.1) is 0 Å². The highest BCUT2D eigenvalue weighted by molar-refractivity contribution is 6.52.